The molecule has 1 amide bonds. The number of allylic oxidation sites excluding steroid dienone is 7. The van der Waals surface area contributed by atoms with Crippen LogP contribution in [0.25, 0.3) is 0 Å². The topological polar surface area (TPSA) is 95.9 Å². The summed E-state index contributed by atoms with van der Waals surface area (Å²) in [7, 11) is 0. The minimum Gasteiger partial charge on any atom is -0.466 e. The number of hydrogen-bond acceptors (Lipinski definition) is 5. The molecule has 0 aliphatic rings. The number of esters is 1. The summed E-state index contributed by atoms with van der Waals surface area (Å²) in [4.78, 5) is 24.6. The SMILES string of the molecule is CCCCCC/C=C\C/C=C\CCCCCCCCCC(=O)OCCCCCCCCCCC/C=C\CCCCCCCC(=O)NC(CO)C(O)/C=C/CCCCCCCCCCCCCCCCCCCCC. The van der Waals surface area contributed by atoms with Crippen LogP contribution in [0.1, 0.15) is 348 Å². The molecule has 0 aromatic heterocycles. The highest BCUT2D eigenvalue weighted by Crippen LogP contribution is 2.17. The lowest BCUT2D eigenvalue weighted by Crippen LogP contribution is -2.45. The Morgan fingerprint density at radius 1 is 0.378 bits per heavy atom. The number of aliphatic hydroxyl groups excluding tert-OH is 2. The van der Waals surface area contributed by atoms with E-state index in [2.05, 4.69) is 55.6 Å². The van der Waals surface area contributed by atoms with Crippen molar-refractivity contribution in [3.8, 4) is 0 Å². The Labute approximate surface area is 461 Å². The summed E-state index contributed by atoms with van der Waals surface area (Å²) >= 11 is 0. The fraction of sp³-hybridized carbons (Fsp3) is 0.853. The third kappa shape index (κ3) is 59.1. The Bertz CT molecular complexity index is 1240. The van der Waals surface area contributed by atoms with Crippen molar-refractivity contribution in [1.29, 1.82) is 0 Å². The van der Waals surface area contributed by atoms with Gasteiger partial charge >= 0.3 is 5.97 Å². The molecule has 0 aliphatic carbocycles. The minimum atomic E-state index is -0.855. The molecule has 0 aliphatic heterocycles. The molecule has 0 saturated heterocycles. The molecule has 0 heterocycles. The molecule has 2 atom stereocenters. The van der Waals surface area contributed by atoms with E-state index < -0.39 is 12.1 Å². The van der Waals surface area contributed by atoms with Gasteiger partial charge in [-0.3, -0.25) is 9.59 Å². The van der Waals surface area contributed by atoms with Gasteiger partial charge in [-0.15, -0.1) is 0 Å². The third-order valence-corrected chi connectivity index (χ3v) is 15.1. The van der Waals surface area contributed by atoms with E-state index in [4.69, 9.17) is 4.74 Å². The second-order valence-corrected chi connectivity index (χ2v) is 22.4. The van der Waals surface area contributed by atoms with Gasteiger partial charge in [-0.05, 0) is 89.9 Å². The molecular weight excluding hydrogens is 911 g/mol. The normalized spacial score (nSPS) is 12.9. The van der Waals surface area contributed by atoms with Gasteiger partial charge in [0.1, 0.15) is 0 Å². The number of rotatable bonds is 61. The van der Waals surface area contributed by atoms with Gasteiger partial charge in [-0.25, -0.2) is 0 Å². The Hall–Kier alpha value is -2.18. The lowest BCUT2D eigenvalue weighted by atomic mass is 10.0. The molecule has 6 nitrogen and oxygen atoms in total. The first-order chi connectivity index (χ1) is 36.5. The number of nitrogens with one attached hydrogen (secondary N) is 1. The molecule has 0 bridgehead atoms. The van der Waals surface area contributed by atoms with E-state index in [0.717, 1.165) is 70.6 Å². The average Bonchev–Trinajstić information content (AvgIpc) is 3.40. The van der Waals surface area contributed by atoms with Gasteiger partial charge in [0.15, 0.2) is 0 Å². The van der Waals surface area contributed by atoms with E-state index in [1.165, 1.54) is 250 Å². The average molecular weight is 1040 g/mol. The van der Waals surface area contributed by atoms with Crippen LogP contribution in [0.2, 0.25) is 0 Å². The summed E-state index contributed by atoms with van der Waals surface area (Å²) in [6, 6.07) is -0.640. The molecule has 0 aromatic rings. The van der Waals surface area contributed by atoms with Crippen molar-refractivity contribution in [1.82, 2.24) is 5.32 Å². The van der Waals surface area contributed by atoms with Crippen molar-refractivity contribution in [3.63, 3.8) is 0 Å². The van der Waals surface area contributed by atoms with Gasteiger partial charge in [-0.2, -0.15) is 0 Å². The van der Waals surface area contributed by atoms with Crippen LogP contribution in [0.4, 0.5) is 0 Å². The molecule has 0 rings (SSSR count). The summed E-state index contributed by atoms with van der Waals surface area (Å²) in [5.41, 5.74) is 0. The number of aliphatic hydroxyl groups is 2. The number of carbonyl (C=O) groups excluding carboxylic acids is 2. The smallest absolute Gasteiger partial charge is 0.305 e. The zero-order valence-electron chi connectivity index (χ0n) is 49.6. The van der Waals surface area contributed by atoms with Gasteiger partial charge in [0, 0.05) is 12.8 Å². The fourth-order valence-corrected chi connectivity index (χ4v) is 10.0. The summed E-state index contributed by atoms with van der Waals surface area (Å²) in [5.74, 6) is -0.0853. The summed E-state index contributed by atoms with van der Waals surface area (Å²) in [6.45, 7) is 4.89. The molecule has 0 spiro atoms. The quantitative estimate of drug-likeness (QED) is 0.0320. The van der Waals surface area contributed by atoms with E-state index in [9.17, 15) is 19.8 Å². The molecule has 0 radical (unpaired) electrons. The van der Waals surface area contributed by atoms with Gasteiger partial charge in [0.05, 0.1) is 25.4 Å². The van der Waals surface area contributed by atoms with E-state index in [1.54, 1.807) is 6.08 Å². The van der Waals surface area contributed by atoms with Crippen molar-refractivity contribution in [2.75, 3.05) is 13.2 Å². The molecular formula is C68H127NO5. The first-order valence-electron chi connectivity index (χ1n) is 32.9. The summed E-state index contributed by atoms with van der Waals surface area (Å²) in [6.07, 6.45) is 81.5. The van der Waals surface area contributed by atoms with Gasteiger partial charge < -0.3 is 20.3 Å². The molecule has 434 valence electrons. The number of unbranched alkanes of at least 4 members (excludes halogenated alkanes) is 44. The Morgan fingerprint density at radius 3 is 1.05 bits per heavy atom. The Balaban J connectivity index is 3.48. The van der Waals surface area contributed by atoms with Crippen molar-refractivity contribution >= 4 is 11.9 Å². The van der Waals surface area contributed by atoms with Gasteiger partial charge in [-0.1, -0.05) is 294 Å². The zero-order valence-corrected chi connectivity index (χ0v) is 49.6. The number of amides is 1. The van der Waals surface area contributed by atoms with Crippen molar-refractivity contribution in [3.05, 3.63) is 48.6 Å². The molecule has 0 aromatic carbocycles. The third-order valence-electron chi connectivity index (χ3n) is 15.1. The molecule has 2 unspecified atom stereocenters. The maximum Gasteiger partial charge on any atom is 0.305 e. The van der Waals surface area contributed by atoms with Crippen LogP contribution in [-0.4, -0.2) is 47.4 Å². The minimum absolute atomic E-state index is 0.00506. The largest absolute Gasteiger partial charge is 0.466 e. The predicted octanol–water partition coefficient (Wildman–Crippen LogP) is 20.9. The first-order valence-corrected chi connectivity index (χ1v) is 32.9. The van der Waals surface area contributed by atoms with Crippen LogP contribution in [0.5, 0.6) is 0 Å². The second kappa shape index (κ2) is 63.4. The monoisotopic (exact) mass is 1040 g/mol. The summed E-state index contributed by atoms with van der Waals surface area (Å²) < 4.78 is 5.49. The van der Waals surface area contributed by atoms with Crippen LogP contribution in [0.3, 0.4) is 0 Å². The highest BCUT2D eigenvalue weighted by Gasteiger charge is 2.18. The highest BCUT2D eigenvalue weighted by atomic mass is 16.5. The van der Waals surface area contributed by atoms with E-state index in [-0.39, 0.29) is 18.5 Å². The van der Waals surface area contributed by atoms with E-state index in [1.807, 2.05) is 6.08 Å². The number of carbonyl (C=O) groups is 2. The number of ether oxygens (including phenoxy) is 1. The molecule has 3 N–H and O–H groups in total. The van der Waals surface area contributed by atoms with Crippen LogP contribution < -0.4 is 5.32 Å². The van der Waals surface area contributed by atoms with Crippen molar-refractivity contribution < 1.29 is 24.5 Å². The lowest BCUT2D eigenvalue weighted by Gasteiger charge is -2.20. The van der Waals surface area contributed by atoms with Gasteiger partial charge in [0.2, 0.25) is 5.91 Å². The van der Waals surface area contributed by atoms with E-state index in [0.29, 0.717) is 19.4 Å². The maximum absolute atomic E-state index is 12.5. The molecule has 74 heavy (non-hydrogen) atoms. The van der Waals surface area contributed by atoms with E-state index >= 15 is 0 Å². The number of hydrogen-bond donors (Lipinski definition) is 3. The maximum atomic E-state index is 12.5. The Kier molecular flexibility index (Phi) is 61.5. The van der Waals surface area contributed by atoms with Crippen LogP contribution in [0.15, 0.2) is 48.6 Å². The first kappa shape index (κ1) is 71.8. The highest BCUT2D eigenvalue weighted by molar-refractivity contribution is 5.76. The van der Waals surface area contributed by atoms with Crippen LogP contribution in [-0.2, 0) is 14.3 Å². The lowest BCUT2D eigenvalue weighted by molar-refractivity contribution is -0.143. The molecule has 0 fully saturated rings. The Morgan fingerprint density at radius 2 is 0.676 bits per heavy atom. The molecule has 0 saturated carbocycles. The van der Waals surface area contributed by atoms with Crippen LogP contribution >= 0.6 is 0 Å². The molecule has 6 heteroatoms. The second-order valence-electron chi connectivity index (χ2n) is 22.4. The zero-order chi connectivity index (χ0) is 53.6. The fourth-order valence-electron chi connectivity index (χ4n) is 10.0. The predicted molar refractivity (Wildman–Crippen MR) is 324 cm³/mol. The standard InChI is InChI=1S/C68H127NO5/c1-3-5-7-9-11-13-15-17-19-21-23-24-25-28-32-36-40-44-48-52-56-60-66(71)65(64-70)69-67(72)61-57-53-49-45-41-37-33-29-26-27-31-35-39-43-47-51-55-59-63-74-68(73)62-58-54-50-46-42-38-34-30-22-20-18-16-14-12-10-8-6-4-2/h14,16,20,22,29,33,56,60,65-66,70-71H,3-13,15,17-19,21,23-28,30-32,34-55,57-59,61-64H2,1-2H3,(H,69,72)/b16-14-,22-20-,33-29-,60-56+. The van der Waals surface area contributed by atoms with Crippen molar-refractivity contribution in [2.45, 2.75) is 360 Å². The van der Waals surface area contributed by atoms with Crippen molar-refractivity contribution in [2.24, 2.45) is 0 Å². The van der Waals surface area contributed by atoms with Gasteiger partial charge in [0.25, 0.3) is 0 Å². The summed E-state index contributed by atoms with van der Waals surface area (Å²) in [5, 5.41) is 23.2. The van der Waals surface area contributed by atoms with Crippen LogP contribution in [0, 0.1) is 0 Å².